The Labute approximate surface area is 129 Å². The summed E-state index contributed by atoms with van der Waals surface area (Å²) in [4.78, 5) is 4.69. The fraction of sp³-hybridized carbons (Fsp3) is 0.278. The summed E-state index contributed by atoms with van der Waals surface area (Å²) in [6, 6.07) is 14.9. The number of thiazole rings is 1. The average Bonchev–Trinajstić information content (AvgIpc) is 2.95. The molecule has 2 aromatic carbocycles. The molecule has 108 valence electrons. The Kier molecular flexibility index (Phi) is 4.20. The Hall–Kier alpha value is -1.87. The van der Waals surface area contributed by atoms with Crippen LogP contribution in [0.5, 0.6) is 0 Å². The number of fused-ring (bicyclic) bond motifs is 1. The predicted octanol–water partition coefficient (Wildman–Crippen LogP) is 5.03. The molecule has 0 bridgehead atoms. The lowest BCUT2D eigenvalue weighted by molar-refractivity contribution is 1.04. The molecular weight excluding hydrogens is 276 g/mol. The van der Waals surface area contributed by atoms with Crippen LogP contribution in [0.25, 0.3) is 10.2 Å². The van der Waals surface area contributed by atoms with Crippen molar-refractivity contribution in [3.63, 3.8) is 0 Å². The van der Waals surface area contributed by atoms with Crippen LogP contribution in [-0.4, -0.2) is 4.98 Å². The van der Waals surface area contributed by atoms with Crippen LogP contribution in [0.4, 0.5) is 5.69 Å². The van der Waals surface area contributed by atoms with Crippen molar-refractivity contribution in [1.82, 2.24) is 4.98 Å². The van der Waals surface area contributed by atoms with Gasteiger partial charge in [-0.15, -0.1) is 11.3 Å². The lowest BCUT2D eigenvalue weighted by Crippen LogP contribution is -2.05. The summed E-state index contributed by atoms with van der Waals surface area (Å²) in [5.41, 5.74) is 5.16. The minimum absolute atomic E-state index is 0.795. The minimum atomic E-state index is 0.795. The van der Waals surface area contributed by atoms with Gasteiger partial charge < -0.3 is 5.32 Å². The zero-order valence-corrected chi connectivity index (χ0v) is 13.3. The molecule has 0 saturated carbocycles. The maximum Gasteiger partial charge on any atom is 0.113 e. The Morgan fingerprint density at radius 2 is 1.67 bits per heavy atom. The van der Waals surface area contributed by atoms with Crippen LogP contribution < -0.4 is 5.32 Å². The van der Waals surface area contributed by atoms with Crippen molar-refractivity contribution < 1.29 is 0 Å². The van der Waals surface area contributed by atoms with E-state index in [0.29, 0.717) is 0 Å². The Balaban J connectivity index is 1.84. The quantitative estimate of drug-likeness (QED) is 0.714. The van der Waals surface area contributed by atoms with Crippen molar-refractivity contribution in [2.45, 2.75) is 33.2 Å². The first-order valence-corrected chi connectivity index (χ1v) is 8.32. The number of aryl methyl sites for hydroxylation is 2. The van der Waals surface area contributed by atoms with Gasteiger partial charge in [-0.1, -0.05) is 44.2 Å². The zero-order chi connectivity index (χ0) is 14.7. The molecule has 0 spiro atoms. The fourth-order valence-corrected chi connectivity index (χ4v) is 3.54. The van der Waals surface area contributed by atoms with E-state index in [1.165, 1.54) is 21.5 Å². The molecular formula is C18H20N2S. The van der Waals surface area contributed by atoms with Crippen molar-refractivity contribution >= 4 is 27.2 Å². The summed E-state index contributed by atoms with van der Waals surface area (Å²) < 4.78 is 1.26. The third-order valence-electron chi connectivity index (χ3n) is 3.75. The van der Waals surface area contributed by atoms with Crippen molar-refractivity contribution in [3.8, 4) is 0 Å². The maximum atomic E-state index is 4.69. The van der Waals surface area contributed by atoms with E-state index in [2.05, 4.69) is 55.6 Å². The molecule has 21 heavy (non-hydrogen) atoms. The first kappa shape index (κ1) is 14.1. The van der Waals surface area contributed by atoms with Gasteiger partial charge in [-0.25, -0.2) is 4.98 Å². The van der Waals surface area contributed by atoms with Gasteiger partial charge in [0, 0.05) is 5.69 Å². The molecule has 3 heteroatoms. The van der Waals surface area contributed by atoms with E-state index in [1.54, 1.807) is 11.3 Å². The van der Waals surface area contributed by atoms with Gasteiger partial charge in [0.1, 0.15) is 5.01 Å². The van der Waals surface area contributed by atoms with E-state index in [0.717, 1.165) is 29.9 Å². The molecule has 2 nitrogen and oxygen atoms in total. The number of nitrogens with zero attached hydrogens (tertiary/aromatic N) is 1. The number of hydrogen-bond donors (Lipinski definition) is 1. The first-order chi connectivity index (χ1) is 10.3. The summed E-state index contributed by atoms with van der Waals surface area (Å²) in [5.74, 6) is 0. The number of aromatic nitrogens is 1. The number of rotatable bonds is 5. The molecule has 0 aliphatic carbocycles. The van der Waals surface area contributed by atoms with Gasteiger partial charge in [0.2, 0.25) is 0 Å². The van der Waals surface area contributed by atoms with Crippen LogP contribution >= 0.6 is 11.3 Å². The fourth-order valence-electron chi connectivity index (χ4n) is 2.63. The highest BCUT2D eigenvalue weighted by molar-refractivity contribution is 7.18. The monoisotopic (exact) mass is 296 g/mol. The summed E-state index contributed by atoms with van der Waals surface area (Å²) in [7, 11) is 0. The summed E-state index contributed by atoms with van der Waals surface area (Å²) >= 11 is 1.77. The molecule has 3 rings (SSSR count). The van der Waals surface area contributed by atoms with E-state index < -0.39 is 0 Å². The molecule has 1 aromatic heterocycles. The van der Waals surface area contributed by atoms with Crippen molar-refractivity contribution in [3.05, 3.63) is 58.6 Å². The van der Waals surface area contributed by atoms with Gasteiger partial charge in [-0.05, 0) is 36.1 Å². The van der Waals surface area contributed by atoms with E-state index >= 15 is 0 Å². The van der Waals surface area contributed by atoms with Gasteiger partial charge in [0.25, 0.3) is 0 Å². The van der Waals surface area contributed by atoms with E-state index in [4.69, 9.17) is 4.98 Å². The van der Waals surface area contributed by atoms with Crippen LogP contribution in [0.15, 0.2) is 42.5 Å². The largest absolute Gasteiger partial charge is 0.378 e. The maximum absolute atomic E-state index is 4.69. The number of para-hydroxylation sites is 2. The van der Waals surface area contributed by atoms with Gasteiger partial charge in [0.15, 0.2) is 0 Å². The average molecular weight is 296 g/mol. The molecule has 1 heterocycles. The van der Waals surface area contributed by atoms with Crippen LogP contribution in [-0.2, 0) is 19.4 Å². The van der Waals surface area contributed by atoms with Crippen molar-refractivity contribution in [2.24, 2.45) is 0 Å². The Bertz CT molecular complexity index is 691. The molecule has 3 aromatic rings. The molecule has 0 atom stereocenters. The molecule has 0 fully saturated rings. The second-order valence-corrected chi connectivity index (χ2v) is 6.20. The lowest BCUT2D eigenvalue weighted by Gasteiger charge is -2.14. The topological polar surface area (TPSA) is 24.9 Å². The predicted molar refractivity (Wildman–Crippen MR) is 92.1 cm³/mol. The first-order valence-electron chi connectivity index (χ1n) is 7.51. The van der Waals surface area contributed by atoms with E-state index in [9.17, 15) is 0 Å². The van der Waals surface area contributed by atoms with Crippen LogP contribution in [0.3, 0.4) is 0 Å². The molecule has 0 aliphatic rings. The summed E-state index contributed by atoms with van der Waals surface area (Å²) in [6.07, 6.45) is 2.10. The summed E-state index contributed by atoms with van der Waals surface area (Å²) in [6.45, 7) is 5.21. The number of nitrogens with one attached hydrogen (secondary N) is 1. The van der Waals surface area contributed by atoms with E-state index in [1.807, 2.05) is 6.07 Å². The van der Waals surface area contributed by atoms with Crippen molar-refractivity contribution in [1.29, 1.82) is 0 Å². The van der Waals surface area contributed by atoms with Gasteiger partial charge in [0.05, 0.1) is 16.8 Å². The van der Waals surface area contributed by atoms with Gasteiger partial charge in [-0.2, -0.15) is 0 Å². The minimum Gasteiger partial charge on any atom is -0.378 e. The standard InChI is InChI=1S/C18H20N2S/c1-3-13-8-7-9-14(4-2)18(13)19-12-17-20-15-10-5-6-11-16(15)21-17/h5-11,19H,3-4,12H2,1-2H3. The Morgan fingerprint density at radius 1 is 0.952 bits per heavy atom. The van der Waals surface area contributed by atoms with Crippen molar-refractivity contribution in [2.75, 3.05) is 5.32 Å². The van der Waals surface area contributed by atoms with Gasteiger partial charge in [-0.3, -0.25) is 0 Å². The second-order valence-electron chi connectivity index (χ2n) is 5.09. The Morgan fingerprint density at radius 3 is 2.33 bits per heavy atom. The molecule has 1 N–H and O–H groups in total. The third-order valence-corrected chi connectivity index (χ3v) is 4.79. The molecule has 0 saturated heterocycles. The normalized spacial score (nSPS) is 11.0. The SMILES string of the molecule is CCc1cccc(CC)c1NCc1nc2ccccc2s1. The second kappa shape index (κ2) is 6.27. The molecule has 0 radical (unpaired) electrons. The summed E-state index contributed by atoms with van der Waals surface area (Å²) in [5, 5.41) is 4.75. The number of hydrogen-bond acceptors (Lipinski definition) is 3. The van der Waals surface area contributed by atoms with Crippen LogP contribution in [0.2, 0.25) is 0 Å². The molecule has 0 aliphatic heterocycles. The number of anilines is 1. The highest BCUT2D eigenvalue weighted by atomic mass is 32.1. The highest BCUT2D eigenvalue weighted by Gasteiger charge is 2.08. The lowest BCUT2D eigenvalue weighted by atomic mass is 10.0. The van der Waals surface area contributed by atoms with Gasteiger partial charge >= 0.3 is 0 Å². The van der Waals surface area contributed by atoms with Crippen LogP contribution in [0.1, 0.15) is 30.0 Å². The number of benzene rings is 2. The van der Waals surface area contributed by atoms with Crippen LogP contribution in [0, 0.1) is 0 Å². The molecule has 0 unspecified atom stereocenters. The third kappa shape index (κ3) is 2.93. The molecule has 0 amide bonds. The highest BCUT2D eigenvalue weighted by Crippen LogP contribution is 2.26. The zero-order valence-electron chi connectivity index (χ0n) is 12.5. The smallest absolute Gasteiger partial charge is 0.113 e. The van der Waals surface area contributed by atoms with E-state index in [-0.39, 0.29) is 0 Å².